The lowest BCUT2D eigenvalue weighted by atomic mass is 9.97. The van der Waals surface area contributed by atoms with Gasteiger partial charge in [0.05, 0.1) is 7.11 Å². The van der Waals surface area contributed by atoms with Gasteiger partial charge in [-0.25, -0.2) is 4.39 Å². The summed E-state index contributed by atoms with van der Waals surface area (Å²) >= 11 is 0. The van der Waals surface area contributed by atoms with Gasteiger partial charge in [0.1, 0.15) is 23.2 Å². The van der Waals surface area contributed by atoms with E-state index in [0.717, 1.165) is 22.3 Å². The Morgan fingerprint density at radius 3 is 2.58 bits per heavy atom. The predicted octanol–water partition coefficient (Wildman–Crippen LogP) is 5.59. The molecule has 0 radical (unpaired) electrons. The van der Waals surface area contributed by atoms with E-state index in [4.69, 9.17) is 4.74 Å². The van der Waals surface area contributed by atoms with Crippen molar-refractivity contribution >= 4 is 17.7 Å². The van der Waals surface area contributed by atoms with Gasteiger partial charge in [-0.2, -0.15) is 5.26 Å². The highest BCUT2D eigenvalue weighted by Crippen LogP contribution is 2.24. The first-order valence-corrected chi connectivity index (χ1v) is 9.81. The number of ether oxygens (including phenoxy) is 1. The normalized spacial score (nSPS) is 11.0. The van der Waals surface area contributed by atoms with Gasteiger partial charge in [0, 0.05) is 5.69 Å². The van der Waals surface area contributed by atoms with Crippen LogP contribution in [0.2, 0.25) is 0 Å². The van der Waals surface area contributed by atoms with Crippen LogP contribution in [0.4, 0.5) is 10.1 Å². The standard InChI is InChI=1S/C26H23FN2O2/c1-17-7-9-24(11-18(17)2)29-26(30)22(16-28)14-20-8-10-25(31-3)15-21(20)12-19-5-4-6-23(27)13-19/h4-11,13-15H,12H2,1-3H3,(H,29,30)/b22-14+. The van der Waals surface area contributed by atoms with Gasteiger partial charge >= 0.3 is 0 Å². The molecule has 0 saturated heterocycles. The van der Waals surface area contributed by atoms with Crippen LogP contribution in [0.5, 0.6) is 5.75 Å². The van der Waals surface area contributed by atoms with Gasteiger partial charge in [0.15, 0.2) is 0 Å². The lowest BCUT2D eigenvalue weighted by Gasteiger charge is -2.11. The first kappa shape index (κ1) is 21.8. The van der Waals surface area contributed by atoms with Crippen molar-refractivity contribution in [2.45, 2.75) is 20.3 Å². The van der Waals surface area contributed by atoms with Crippen LogP contribution in [0.1, 0.15) is 27.8 Å². The second-order valence-corrected chi connectivity index (χ2v) is 7.29. The van der Waals surface area contributed by atoms with E-state index >= 15 is 0 Å². The van der Waals surface area contributed by atoms with Crippen LogP contribution in [0.3, 0.4) is 0 Å². The average molecular weight is 414 g/mol. The third-order valence-electron chi connectivity index (χ3n) is 5.06. The fourth-order valence-electron chi connectivity index (χ4n) is 3.19. The first-order valence-electron chi connectivity index (χ1n) is 9.81. The number of hydrogen-bond acceptors (Lipinski definition) is 3. The zero-order chi connectivity index (χ0) is 22.4. The monoisotopic (exact) mass is 414 g/mol. The highest BCUT2D eigenvalue weighted by Gasteiger charge is 2.12. The molecule has 3 aromatic rings. The van der Waals surface area contributed by atoms with E-state index in [1.807, 2.05) is 44.2 Å². The molecule has 5 heteroatoms. The Hall–Kier alpha value is -3.91. The summed E-state index contributed by atoms with van der Waals surface area (Å²) < 4.78 is 18.9. The van der Waals surface area contributed by atoms with Crippen LogP contribution in [-0.4, -0.2) is 13.0 Å². The fourth-order valence-corrected chi connectivity index (χ4v) is 3.19. The molecule has 0 heterocycles. The van der Waals surface area contributed by atoms with Crippen molar-refractivity contribution in [3.63, 3.8) is 0 Å². The van der Waals surface area contributed by atoms with Crippen LogP contribution < -0.4 is 10.1 Å². The van der Waals surface area contributed by atoms with Gasteiger partial charge in [-0.1, -0.05) is 24.3 Å². The smallest absolute Gasteiger partial charge is 0.266 e. The molecule has 4 nitrogen and oxygen atoms in total. The van der Waals surface area contributed by atoms with Crippen LogP contribution in [0.25, 0.3) is 6.08 Å². The number of benzene rings is 3. The molecule has 1 N–H and O–H groups in total. The van der Waals surface area contributed by atoms with Crippen LogP contribution in [-0.2, 0) is 11.2 Å². The summed E-state index contributed by atoms with van der Waals surface area (Å²) in [4.78, 5) is 12.7. The summed E-state index contributed by atoms with van der Waals surface area (Å²) in [6, 6.07) is 19.3. The van der Waals surface area contributed by atoms with Gasteiger partial charge < -0.3 is 10.1 Å². The number of carbonyl (C=O) groups excluding carboxylic acids is 1. The molecule has 0 saturated carbocycles. The van der Waals surface area contributed by atoms with E-state index in [1.165, 1.54) is 12.1 Å². The Bertz CT molecular complexity index is 1190. The van der Waals surface area contributed by atoms with E-state index in [0.29, 0.717) is 23.4 Å². The van der Waals surface area contributed by atoms with Crippen molar-refractivity contribution in [1.29, 1.82) is 5.26 Å². The van der Waals surface area contributed by atoms with Crippen LogP contribution in [0.15, 0.2) is 66.2 Å². The minimum absolute atomic E-state index is 0.0242. The summed E-state index contributed by atoms with van der Waals surface area (Å²) in [6.45, 7) is 3.95. The molecule has 0 bridgehead atoms. The molecule has 0 aromatic heterocycles. The second-order valence-electron chi connectivity index (χ2n) is 7.29. The molecular weight excluding hydrogens is 391 g/mol. The number of methoxy groups -OCH3 is 1. The highest BCUT2D eigenvalue weighted by molar-refractivity contribution is 6.09. The number of nitrogens with zero attached hydrogens (tertiary/aromatic N) is 1. The van der Waals surface area contributed by atoms with Crippen LogP contribution in [0, 0.1) is 31.0 Å². The highest BCUT2D eigenvalue weighted by atomic mass is 19.1. The van der Waals surface area contributed by atoms with E-state index in [-0.39, 0.29) is 11.4 Å². The van der Waals surface area contributed by atoms with E-state index < -0.39 is 5.91 Å². The minimum atomic E-state index is -0.488. The van der Waals surface area contributed by atoms with Crippen molar-refractivity contribution < 1.29 is 13.9 Å². The molecule has 0 unspecified atom stereocenters. The second kappa shape index (κ2) is 9.73. The molecule has 0 aliphatic heterocycles. The Balaban J connectivity index is 1.92. The van der Waals surface area contributed by atoms with Gasteiger partial charge in [0.25, 0.3) is 5.91 Å². The molecule has 3 aromatic carbocycles. The van der Waals surface area contributed by atoms with E-state index in [1.54, 1.807) is 37.5 Å². The van der Waals surface area contributed by atoms with Crippen molar-refractivity contribution in [2.24, 2.45) is 0 Å². The fraction of sp³-hybridized carbons (Fsp3) is 0.154. The van der Waals surface area contributed by atoms with Crippen molar-refractivity contribution in [3.05, 3.63) is 99.9 Å². The largest absolute Gasteiger partial charge is 0.497 e. The van der Waals surface area contributed by atoms with Crippen LogP contribution >= 0.6 is 0 Å². The van der Waals surface area contributed by atoms with Gasteiger partial charge in [-0.05, 0) is 90.6 Å². The lowest BCUT2D eigenvalue weighted by molar-refractivity contribution is -0.112. The number of anilines is 1. The Morgan fingerprint density at radius 2 is 1.90 bits per heavy atom. The average Bonchev–Trinajstić information content (AvgIpc) is 2.75. The molecular formula is C26H23FN2O2. The van der Waals surface area contributed by atoms with Gasteiger partial charge in [0.2, 0.25) is 0 Å². The first-order chi connectivity index (χ1) is 14.9. The maximum atomic E-state index is 13.6. The van der Waals surface area contributed by atoms with E-state index in [2.05, 4.69) is 5.32 Å². The zero-order valence-corrected chi connectivity index (χ0v) is 17.7. The quantitative estimate of drug-likeness (QED) is 0.423. The number of nitriles is 1. The molecule has 31 heavy (non-hydrogen) atoms. The number of carbonyl (C=O) groups is 1. The summed E-state index contributed by atoms with van der Waals surface area (Å²) in [5.74, 6) is -0.164. The molecule has 3 rings (SSSR count). The predicted molar refractivity (Wildman–Crippen MR) is 120 cm³/mol. The molecule has 0 aliphatic rings. The third-order valence-corrected chi connectivity index (χ3v) is 5.06. The molecule has 1 amide bonds. The number of rotatable bonds is 6. The zero-order valence-electron chi connectivity index (χ0n) is 17.7. The maximum absolute atomic E-state index is 13.6. The summed E-state index contributed by atoms with van der Waals surface area (Å²) in [5, 5.41) is 12.4. The number of halogens is 1. The van der Waals surface area contributed by atoms with Crippen molar-refractivity contribution in [3.8, 4) is 11.8 Å². The third kappa shape index (κ3) is 5.58. The number of nitrogens with one attached hydrogen (secondary N) is 1. The molecule has 156 valence electrons. The Morgan fingerprint density at radius 1 is 1.10 bits per heavy atom. The molecule has 0 atom stereocenters. The maximum Gasteiger partial charge on any atom is 0.266 e. The van der Waals surface area contributed by atoms with Gasteiger partial charge in [-0.3, -0.25) is 4.79 Å². The molecule has 0 spiro atoms. The van der Waals surface area contributed by atoms with E-state index in [9.17, 15) is 14.4 Å². The lowest BCUT2D eigenvalue weighted by Crippen LogP contribution is -2.13. The Kier molecular flexibility index (Phi) is 6.84. The minimum Gasteiger partial charge on any atom is -0.497 e. The topological polar surface area (TPSA) is 62.1 Å². The Labute approximate surface area is 181 Å². The number of hydrogen-bond donors (Lipinski definition) is 1. The van der Waals surface area contributed by atoms with Crippen molar-refractivity contribution in [2.75, 3.05) is 12.4 Å². The summed E-state index contributed by atoms with van der Waals surface area (Å²) in [7, 11) is 1.56. The molecule has 0 fully saturated rings. The summed E-state index contributed by atoms with van der Waals surface area (Å²) in [5.41, 5.74) is 5.06. The molecule has 0 aliphatic carbocycles. The number of amides is 1. The van der Waals surface area contributed by atoms with Gasteiger partial charge in [-0.15, -0.1) is 0 Å². The SMILES string of the molecule is COc1ccc(/C=C(\C#N)C(=O)Nc2ccc(C)c(C)c2)c(Cc2cccc(F)c2)c1. The van der Waals surface area contributed by atoms with Crippen molar-refractivity contribution in [1.82, 2.24) is 0 Å². The number of aryl methyl sites for hydroxylation is 2. The summed E-state index contributed by atoms with van der Waals surface area (Å²) in [6.07, 6.45) is 1.97.